The van der Waals surface area contributed by atoms with E-state index in [9.17, 15) is 9.59 Å². The average molecular weight is 307 g/mol. The highest BCUT2D eigenvalue weighted by molar-refractivity contribution is 5.81. The van der Waals surface area contributed by atoms with Gasteiger partial charge in [-0.1, -0.05) is 6.58 Å². The minimum absolute atomic E-state index is 0.133. The maximum absolute atomic E-state index is 12.1. The summed E-state index contributed by atoms with van der Waals surface area (Å²) in [5.41, 5.74) is -0.324. The van der Waals surface area contributed by atoms with Crippen molar-refractivity contribution in [3.8, 4) is 0 Å². The van der Waals surface area contributed by atoms with Gasteiger partial charge >= 0.3 is 12.1 Å². The highest BCUT2D eigenvalue weighted by Gasteiger charge is 2.57. The van der Waals surface area contributed by atoms with Gasteiger partial charge in [0.05, 0.1) is 6.54 Å². The monoisotopic (exact) mass is 307 g/mol. The van der Waals surface area contributed by atoms with Crippen molar-refractivity contribution in [1.29, 1.82) is 0 Å². The number of rotatable bonds is 5. The number of esters is 1. The summed E-state index contributed by atoms with van der Waals surface area (Å²) in [5, 5.41) is 2.67. The van der Waals surface area contributed by atoms with E-state index in [0.29, 0.717) is 11.8 Å². The Bertz CT molecular complexity index is 445. The fourth-order valence-electron chi connectivity index (χ4n) is 4.89. The summed E-state index contributed by atoms with van der Waals surface area (Å²) >= 11 is 0. The molecule has 1 amide bonds. The number of amides is 1. The molecule has 0 saturated heterocycles. The Morgan fingerprint density at radius 1 is 1.18 bits per heavy atom. The minimum Gasteiger partial charge on any atom is -0.461 e. The number of alkyl carbamates (subject to hydrolysis) is 1. The van der Waals surface area contributed by atoms with E-state index in [2.05, 4.69) is 18.8 Å². The Labute approximate surface area is 131 Å². The molecule has 4 bridgehead atoms. The van der Waals surface area contributed by atoms with Crippen molar-refractivity contribution >= 4 is 12.1 Å². The Hall–Kier alpha value is -1.52. The van der Waals surface area contributed by atoms with E-state index in [1.165, 1.54) is 32.1 Å². The molecule has 1 N–H and O–H groups in total. The molecule has 5 nitrogen and oxygen atoms in total. The summed E-state index contributed by atoms with van der Waals surface area (Å²) in [6, 6.07) is 0. The van der Waals surface area contributed by atoms with Crippen molar-refractivity contribution in [1.82, 2.24) is 5.32 Å². The van der Waals surface area contributed by atoms with Gasteiger partial charge in [0.25, 0.3) is 0 Å². The van der Waals surface area contributed by atoms with Crippen molar-refractivity contribution in [2.75, 3.05) is 13.2 Å². The molecule has 4 fully saturated rings. The molecule has 0 aliphatic heterocycles. The van der Waals surface area contributed by atoms with E-state index < -0.39 is 12.1 Å². The molecule has 0 heterocycles. The Morgan fingerprint density at radius 2 is 1.77 bits per heavy atom. The van der Waals surface area contributed by atoms with Gasteiger partial charge in [-0.3, -0.25) is 0 Å². The van der Waals surface area contributed by atoms with Gasteiger partial charge in [0.15, 0.2) is 0 Å². The molecule has 5 heteroatoms. The Morgan fingerprint density at radius 3 is 2.32 bits per heavy atom. The molecule has 0 aromatic rings. The lowest BCUT2D eigenvalue weighted by atomic mass is 9.50. The molecule has 4 aliphatic carbocycles. The van der Waals surface area contributed by atoms with Gasteiger partial charge in [-0.2, -0.15) is 0 Å². The summed E-state index contributed by atoms with van der Waals surface area (Å²) in [7, 11) is 0. The molecule has 4 rings (SSSR count). The predicted octanol–water partition coefficient (Wildman–Crippen LogP) is 2.66. The first-order valence-electron chi connectivity index (χ1n) is 8.27. The predicted molar refractivity (Wildman–Crippen MR) is 81.1 cm³/mol. The smallest absolute Gasteiger partial charge is 0.407 e. The van der Waals surface area contributed by atoms with Gasteiger partial charge in [0.2, 0.25) is 0 Å². The van der Waals surface area contributed by atoms with Crippen LogP contribution in [-0.2, 0) is 14.3 Å². The number of nitrogens with one attached hydrogen (secondary N) is 1. The summed E-state index contributed by atoms with van der Waals surface area (Å²) in [6.07, 6.45) is 6.89. The van der Waals surface area contributed by atoms with E-state index in [1.54, 1.807) is 0 Å². The van der Waals surface area contributed by atoms with Crippen molar-refractivity contribution in [3.63, 3.8) is 0 Å². The molecule has 0 radical (unpaired) electrons. The topological polar surface area (TPSA) is 64.6 Å². The number of carbonyl (C=O) groups excluding carboxylic acids is 2. The number of hydrogen-bond acceptors (Lipinski definition) is 4. The van der Waals surface area contributed by atoms with Crippen molar-refractivity contribution in [2.24, 2.45) is 23.7 Å². The van der Waals surface area contributed by atoms with Crippen LogP contribution in [0.3, 0.4) is 0 Å². The van der Waals surface area contributed by atoms with Crippen molar-refractivity contribution in [3.05, 3.63) is 12.7 Å². The first kappa shape index (κ1) is 15.4. The summed E-state index contributed by atoms with van der Waals surface area (Å²) in [4.78, 5) is 23.0. The molecule has 0 unspecified atom stereocenters. The first-order valence-corrected chi connectivity index (χ1v) is 8.27. The van der Waals surface area contributed by atoms with Crippen LogP contribution in [-0.4, -0.2) is 30.8 Å². The normalized spacial score (nSPS) is 38.4. The molecule has 22 heavy (non-hydrogen) atoms. The highest BCUT2D eigenvalue weighted by Crippen LogP contribution is 2.59. The summed E-state index contributed by atoms with van der Waals surface area (Å²) in [6.45, 7) is 5.82. The zero-order valence-corrected chi connectivity index (χ0v) is 13.2. The minimum atomic E-state index is -0.483. The third-order valence-corrected chi connectivity index (χ3v) is 5.85. The van der Waals surface area contributed by atoms with Gasteiger partial charge < -0.3 is 14.8 Å². The number of hydrogen-bond donors (Lipinski definition) is 1. The standard InChI is InChI=1S/C17H25NO4/c1-3-15(19)21-5-4-18-16(20)22-17(2)13-7-11-6-12(9-13)10-14(17)8-11/h3,11-14H,1,4-10H2,2H3,(H,18,20). The lowest BCUT2D eigenvalue weighted by molar-refractivity contribution is -0.162. The van der Waals surface area contributed by atoms with Gasteiger partial charge in [0.1, 0.15) is 12.2 Å². The van der Waals surface area contributed by atoms with Crippen molar-refractivity contribution < 1.29 is 19.1 Å². The van der Waals surface area contributed by atoms with E-state index in [1.807, 2.05) is 0 Å². The zero-order chi connectivity index (χ0) is 15.7. The second-order valence-electron chi connectivity index (χ2n) is 7.18. The van der Waals surface area contributed by atoms with Crippen LogP contribution < -0.4 is 5.32 Å². The van der Waals surface area contributed by atoms with Crippen molar-refractivity contribution in [2.45, 2.75) is 44.6 Å². The molecular weight excluding hydrogens is 282 g/mol. The quantitative estimate of drug-likeness (QED) is 0.482. The molecule has 0 aromatic carbocycles. The maximum atomic E-state index is 12.1. The Balaban J connectivity index is 1.48. The third-order valence-electron chi connectivity index (χ3n) is 5.85. The SMILES string of the molecule is C=CC(=O)OCCNC(=O)OC1(C)C2CC3CC(C2)CC1C3. The van der Waals surface area contributed by atoms with Crippen LogP contribution in [0.25, 0.3) is 0 Å². The highest BCUT2D eigenvalue weighted by atomic mass is 16.6. The molecule has 0 spiro atoms. The molecule has 4 saturated carbocycles. The zero-order valence-electron chi connectivity index (χ0n) is 13.2. The Kier molecular flexibility index (Phi) is 4.15. The van der Waals surface area contributed by atoms with Crippen LogP contribution >= 0.6 is 0 Å². The van der Waals surface area contributed by atoms with Gasteiger partial charge in [-0.25, -0.2) is 9.59 Å². The maximum Gasteiger partial charge on any atom is 0.407 e. The molecule has 122 valence electrons. The lowest BCUT2D eigenvalue weighted by Crippen LogP contribution is -2.58. The van der Waals surface area contributed by atoms with E-state index >= 15 is 0 Å². The number of carbonyl (C=O) groups is 2. The fourth-order valence-corrected chi connectivity index (χ4v) is 4.89. The van der Waals surface area contributed by atoms with Crippen LogP contribution in [0.5, 0.6) is 0 Å². The lowest BCUT2D eigenvalue weighted by Gasteiger charge is -2.58. The van der Waals surface area contributed by atoms with E-state index in [4.69, 9.17) is 9.47 Å². The summed E-state index contributed by atoms with van der Waals surface area (Å²) in [5.74, 6) is 2.23. The van der Waals surface area contributed by atoms with E-state index in [-0.39, 0.29) is 18.8 Å². The molecule has 0 aromatic heterocycles. The number of ether oxygens (including phenoxy) is 2. The van der Waals surface area contributed by atoms with Gasteiger partial charge in [0, 0.05) is 6.08 Å². The molecule has 4 aliphatic rings. The van der Waals surface area contributed by atoms with Crippen LogP contribution in [0, 0.1) is 23.7 Å². The van der Waals surface area contributed by atoms with Gasteiger partial charge in [-0.15, -0.1) is 0 Å². The molecular formula is C17H25NO4. The molecule has 0 atom stereocenters. The van der Waals surface area contributed by atoms with Crippen LogP contribution in [0.2, 0.25) is 0 Å². The van der Waals surface area contributed by atoms with Gasteiger partial charge in [-0.05, 0) is 62.7 Å². The van der Waals surface area contributed by atoms with Crippen LogP contribution in [0.1, 0.15) is 39.0 Å². The second-order valence-corrected chi connectivity index (χ2v) is 7.18. The van der Waals surface area contributed by atoms with Crippen LogP contribution in [0.4, 0.5) is 4.79 Å². The first-order chi connectivity index (χ1) is 10.5. The van der Waals surface area contributed by atoms with Crippen LogP contribution in [0.15, 0.2) is 12.7 Å². The summed E-state index contributed by atoms with van der Waals surface area (Å²) < 4.78 is 10.7. The largest absolute Gasteiger partial charge is 0.461 e. The second kappa shape index (κ2) is 5.94. The fraction of sp³-hybridized carbons (Fsp3) is 0.765. The third kappa shape index (κ3) is 2.85. The van der Waals surface area contributed by atoms with E-state index in [0.717, 1.165) is 17.9 Å². The average Bonchev–Trinajstić information content (AvgIpc) is 2.48.